The maximum Gasteiger partial charge on any atom is 0.326 e. The lowest BCUT2D eigenvalue weighted by Crippen LogP contribution is -2.57. The molecule has 1 fully saturated rings. The van der Waals surface area contributed by atoms with Gasteiger partial charge in [0, 0.05) is 24.9 Å². The number of aliphatic hydroxyl groups is 1. The SMILES string of the molecule is CSCCC(NC(=O)C(N)CO)C(=O)N1CCCC1C(=O)NC(Cc1cnc[nH]1)C(=O)O. The molecule has 4 atom stereocenters. The number of nitrogens with zero attached hydrogens (tertiary/aromatic N) is 2. The summed E-state index contributed by atoms with van der Waals surface area (Å²) in [7, 11) is 0. The third-order valence-electron chi connectivity index (χ3n) is 5.19. The van der Waals surface area contributed by atoms with Gasteiger partial charge in [0.05, 0.1) is 12.9 Å². The van der Waals surface area contributed by atoms with Crippen molar-refractivity contribution < 1.29 is 29.4 Å². The third-order valence-corrected chi connectivity index (χ3v) is 5.83. The summed E-state index contributed by atoms with van der Waals surface area (Å²) in [5, 5.41) is 23.6. The first-order chi connectivity index (χ1) is 15.3. The Morgan fingerprint density at radius 2 is 2.09 bits per heavy atom. The number of aliphatic hydroxyl groups excluding tert-OH is 1. The topological polar surface area (TPSA) is 191 Å². The average Bonchev–Trinajstić information content (AvgIpc) is 3.46. The van der Waals surface area contributed by atoms with E-state index >= 15 is 0 Å². The zero-order valence-electron chi connectivity index (χ0n) is 17.8. The van der Waals surface area contributed by atoms with Crippen LogP contribution in [0.15, 0.2) is 12.5 Å². The summed E-state index contributed by atoms with van der Waals surface area (Å²) in [4.78, 5) is 57.8. The molecule has 7 N–H and O–H groups in total. The van der Waals surface area contributed by atoms with Gasteiger partial charge in [-0.3, -0.25) is 14.4 Å². The number of carbonyl (C=O) groups excluding carboxylic acids is 3. The molecule has 0 spiro atoms. The number of hydrogen-bond acceptors (Lipinski definition) is 8. The number of likely N-dealkylation sites (tertiary alicyclic amines) is 1. The van der Waals surface area contributed by atoms with Crippen LogP contribution in [0.4, 0.5) is 0 Å². The Morgan fingerprint density at radius 3 is 2.69 bits per heavy atom. The highest BCUT2D eigenvalue weighted by Crippen LogP contribution is 2.20. The second kappa shape index (κ2) is 12.4. The zero-order chi connectivity index (χ0) is 23.7. The number of nitrogens with two attached hydrogens (primary N) is 1. The zero-order valence-corrected chi connectivity index (χ0v) is 18.6. The summed E-state index contributed by atoms with van der Waals surface area (Å²) in [6.45, 7) is -0.246. The summed E-state index contributed by atoms with van der Waals surface area (Å²) < 4.78 is 0. The monoisotopic (exact) mass is 470 g/mol. The highest BCUT2D eigenvalue weighted by molar-refractivity contribution is 7.98. The molecule has 32 heavy (non-hydrogen) atoms. The highest BCUT2D eigenvalue weighted by atomic mass is 32.2. The molecular formula is C19H30N6O6S. The van der Waals surface area contributed by atoms with Gasteiger partial charge in [0.15, 0.2) is 0 Å². The summed E-state index contributed by atoms with van der Waals surface area (Å²) >= 11 is 1.50. The van der Waals surface area contributed by atoms with Crippen LogP contribution in [0, 0.1) is 0 Å². The third kappa shape index (κ3) is 6.93. The summed E-state index contributed by atoms with van der Waals surface area (Å²) in [5.74, 6) is -2.27. The van der Waals surface area contributed by atoms with Gasteiger partial charge in [-0.05, 0) is 31.3 Å². The van der Waals surface area contributed by atoms with Gasteiger partial charge in [0.1, 0.15) is 24.2 Å². The molecule has 13 heteroatoms. The van der Waals surface area contributed by atoms with E-state index < -0.39 is 54.5 Å². The minimum atomic E-state index is -1.20. The van der Waals surface area contributed by atoms with Gasteiger partial charge in [-0.25, -0.2) is 9.78 Å². The second-order valence-electron chi connectivity index (χ2n) is 7.50. The van der Waals surface area contributed by atoms with Crippen LogP contribution in [-0.4, -0.2) is 98.1 Å². The highest BCUT2D eigenvalue weighted by Gasteiger charge is 2.39. The first-order valence-electron chi connectivity index (χ1n) is 10.2. The Balaban J connectivity index is 2.09. The van der Waals surface area contributed by atoms with Crippen LogP contribution in [0.5, 0.6) is 0 Å². The van der Waals surface area contributed by atoms with Crippen molar-refractivity contribution in [2.45, 2.75) is 49.9 Å². The second-order valence-corrected chi connectivity index (χ2v) is 8.49. The fourth-order valence-electron chi connectivity index (χ4n) is 3.44. The Labute approximate surface area is 189 Å². The fraction of sp³-hybridized carbons (Fsp3) is 0.632. The van der Waals surface area contributed by atoms with E-state index in [2.05, 4.69) is 20.6 Å². The molecule has 1 aromatic rings. The molecule has 1 aromatic heterocycles. The predicted molar refractivity (Wildman–Crippen MR) is 117 cm³/mol. The van der Waals surface area contributed by atoms with Crippen molar-refractivity contribution in [3.63, 3.8) is 0 Å². The summed E-state index contributed by atoms with van der Waals surface area (Å²) in [5.41, 5.74) is 6.10. The van der Waals surface area contributed by atoms with Crippen molar-refractivity contribution in [2.75, 3.05) is 25.2 Å². The average molecular weight is 471 g/mol. The molecule has 0 aromatic carbocycles. The molecule has 2 rings (SSSR count). The van der Waals surface area contributed by atoms with Crippen LogP contribution in [0.25, 0.3) is 0 Å². The molecule has 4 unspecified atom stereocenters. The molecule has 0 saturated carbocycles. The normalized spacial score (nSPS) is 18.6. The Hall–Kier alpha value is -2.64. The van der Waals surface area contributed by atoms with Crippen molar-refractivity contribution >= 4 is 35.5 Å². The number of amides is 3. The van der Waals surface area contributed by atoms with Crippen molar-refractivity contribution in [2.24, 2.45) is 5.73 Å². The number of carbonyl (C=O) groups is 4. The number of carboxylic acid groups (broad SMARTS) is 1. The van der Waals surface area contributed by atoms with E-state index in [9.17, 15) is 24.3 Å². The molecule has 2 heterocycles. The van der Waals surface area contributed by atoms with E-state index in [1.807, 2.05) is 6.26 Å². The quantitative estimate of drug-likeness (QED) is 0.202. The number of aromatic amines is 1. The van der Waals surface area contributed by atoms with Crippen LogP contribution < -0.4 is 16.4 Å². The Kier molecular flexibility index (Phi) is 9.94. The molecule has 178 valence electrons. The largest absolute Gasteiger partial charge is 0.480 e. The van der Waals surface area contributed by atoms with Crippen molar-refractivity contribution in [3.05, 3.63) is 18.2 Å². The van der Waals surface area contributed by atoms with Gasteiger partial charge in [0.2, 0.25) is 17.7 Å². The molecule has 12 nitrogen and oxygen atoms in total. The summed E-state index contributed by atoms with van der Waals surface area (Å²) in [6, 6.07) is -4.08. The summed E-state index contributed by atoms with van der Waals surface area (Å²) in [6.07, 6.45) is 6.05. The Morgan fingerprint density at radius 1 is 1.34 bits per heavy atom. The lowest BCUT2D eigenvalue weighted by Gasteiger charge is -2.29. The molecule has 3 amide bonds. The van der Waals surface area contributed by atoms with E-state index in [4.69, 9.17) is 10.8 Å². The van der Waals surface area contributed by atoms with E-state index in [0.29, 0.717) is 37.3 Å². The molecule has 1 aliphatic heterocycles. The van der Waals surface area contributed by atoms with Gasteiger partial charge in [-0.2, -0.15) is 11.8 Å². The lowest BCUT2D eigenvalue weighted by molar-refractivity contribution is -0.145. The van der Waals surface area contributed by atoms with Gasteiger partial charge in [-0.15, -0.1) is 0 Å². The number of aliphatic carboxylic acids is 1. The van der Waals surface area contributed by atoms with E-state index in [0.717, 1.165) is 0 Å². The van der Waals surface area contributed by atoms with Crippen molar-refractivity contribution in [1.82, 2.24) is 25.5 Å². The van der Waals surface area contributed by atoms with Gasteiger partial charge in [-0.1, -0.05) is 0 Å². The van der Waals surface area contributed by atoms with Crippen LogP contribution in [-0.2, 0) is 25.6 Å². The number of rotatable bonds is 12. The Bertz CT molecular complexity index is 791. The van der Waals surface area contributed by atoms with E-state index in [1.54, 1.807) is 0 Å². The van der Waals surface area contributed by atoms with Gasteiger partial charge < -0.3 is 36.5 Å². The van der Waals surface area contributed by atoms with Crippen LogP contribution >= 0.6 is 11.8 Å². The standard InChI is InChI=1S/C19H30N6O6S/c1-32-6-4-13(23-16(27)12(20)9-26)18(29)25-5-2-3-15(25)17(28)24-14(19(30)31)7-11-8-21-10-22-11/h8,10,12-15,26H,2-7,9,20H2,1H3,(H,21,22)(H,23,27)(H,24,28)(H,30,31). The number of H-pyrrole nitrogens is 1. The number of thioether (sulfide) groups is 1. The predicted octanol–water partition coefficient (Wildman–Crippen LogP) is -1.93. The minimum absolute atomic E-state index is 0.0210. The first kappa shape index (κ1) is 25.6. The number of carboxylic acids is 1. The minimum Gasteiger partial charge on any atom is -0.480 e. The van der Waals surface area contributed by atoms with E-state index in [1.165, 1.54) is 29.2 Å². The van der Waals surface area contributed by atoms with Crippen LogP contribution in [0.3, 0.4) is 0 Å². The number of imidazole rings is 1. The van der Waals surface area contributed by atoms with Gasteiger partial charge >= 0.3 is 5.97 Å². The lowest BCUT2D eigenvalue weighted by atomic mass is 10.1. The fourth-order valence-corrected chi connectivity index (χ4v) is 3.91. The maximum atomic E-state index is 13.2. The molecule has 1 saturated heterocycles. The number of hydrogen-bond donors (Lipinski definition) is 6. The van der Waals surface area contributed by atoms with E-state index in [-0.39, 0.29) is 6.42 Å². The molecular weight excluding hydrogens is 440 g/mol. The van der Waals surface area contributed by atoms with Crippen molar-refractivity contribution in [1.29, 1.82) is 0 Å². The first-order valence-corrected chi connectivity index (χ1v) is 11.6. The molecule has 0 bridgehead atoms. The molecule has 0 radical (unpaired) electrons. The van der Waals surface area contributed by atoms with Crippen LogP contribution in [0.1, 0.15) is 25.0 Å². The van der Waals surface area contributed by atoms with Crippen LogP contribution in [0.2, 0.25) is 0 Å². The van der Waals surface area contributed by atoms with Crippen molar-refractivity contribution in [3.8, 4) is 0 Å². The molecule has 0 aliphatic carbocycles. The maximum absolute atomic E-state index is 13.2. The molecule has 1 aliphatic rings. The van der Waals surface area contributed by atoms with Gasteiger partial charge in [0.25, 0.3) is 0 Å². The number of nitrogens with one attached hydrogen (secondary N) is 3. The number of aromatic nitrogens is 2. The smallest absolute Gasteiger partial charge is 0.326 e.